The van der Waals surface area contributed by atoms with E-state index >= 15 is 0 Å². The van der Waals surface area contributed by atoms with Crippen LogP contribution in [0, 0.1) is 18.3 Å². The van der Waals surface area contributed by atoms with Gasteiger partial charge in [0.25, 0.3) is 0 Å². The van der Waals surface area contributed by atoms with E-state index in [2.05, 4.69) is 4.74 Å². The number of ether oxygens (including phenoxy) is 1. The van der Waals surface area contributed by atoms with Crippen LogP contribution < -0.4 is 0 Å². The van der Waals surface area contributed by atoms with Gasteiger partial charge in [-0.25, -0.2) is 4.39 Å². The molecule has 0 bridgehead atoms. The average Bonchev–Trinajstić information content (AvgIpc) is 2.94. The van der Waals surface area contributed by atoms with Crippen LogP contribution in [0.4, 0.5) is 4.39 Å². The Hall–Kier alpha value is -4.08. The average molecular weight is 558 g/mol. The molecular weight excluding hydrogens is 528 g/mol. The number of halogens is 1. The Kier molecular flexibility index (Phi) is 9.29. The summed E-state index contributed by atoms with van der Waals surface area (Å²) in [7, 11) is -3.52. The summed E-state index contributed by atoms with van der Waals surface area (Å²) in [5.74, 6) is -1.61. The van der Waals surface area contributed by atoms with Gasteiger partial charge in [0.05, 0.1) is 23.9 Å². The number of aliphatic hydroxyl groups excluding tert-OH is 1. The van der Waals surface area contributed by atoms with Gasteiger partial charge >= 0.3 is 5.97 Å². The van der Waals surface area contributed by atoms with Crippen molar-refractivity contribution >= 4 is 14.0 Å². The number of aromatic nitrogens is 1. The molecule has 0 saturated carbocycles. The fourth-order valence-corrected chi connectivity index (χ4v) is 5.84. The summed E-state index contributed by atoms with van der Waals surface area (Å²) in [6.07, 6.45) is 4.62. The molecule has 3 atom stereocenters. The molecule has 4 aromatic rings. The molecule has 0 saturated heterocycles. The Morgan fingerprint density at radius 3 is 2.02 bits per heavy atom. The van der Waals surface area contributed by atoms with E-state index in [9.17, 15) is 23.7 Å². The summed E-state index contributed by atoms with van der Waals surface area (Å²) in [4.78, 5) is 27.9. The Morgan fingerprint density at radius 2 is 1.50 bits per heavy atom. The molecule has 0 spiro atoms. The van der Waals surface area contributed by atoms with Gasteiger partial charge in [-0.1, -0.05) is 93.1 Å². The highest BCUT2D eigenvalue weighted by Crippen LogP contribution is 2.52. The van der Waals surface area contributed by atoms with Crippen molar-refractivity contribution in [3.8, 4) is 46.0 Å². The van der Waals surface area contributed by atoms with Crippen molar-refractivity contribution in [1.82, 2.24) is 4.98 Å². The zero-order valence-corrected chi connectivity index (χ0v) is 23.0. The molecule has 1 aromatic heterocycles. The van der Waals surface area contributed by atoms with Crippen molar-refractivity contribution < 1.29 is 28.5 Å². The number of pyridine rings is 1. The lowest BCUT2D eigenvalue weighted by atomic mass is 9.83. The molecule has 8 heteroatoms. The van der Waals surface area contributed by atoms with E-state index in [0.717, 1.165) is 11.1 Å². The van der Waals surface area contributed by atoms with Crippen molar-refractivity contribution in [2.75, 3.05) is 0 Å². The normalized spacial score (nSPS) is 13.3. The SMILES string of the molecule is C#COC(=O)CC(O)C(c1c(C(C)C)nc(-c2ccccc2)c(-c2ccccc2)c1-c1ccc(F)cc1)[PH](=O)O. The fraction of sp³-hybridized carbons (Fsp3) is 0.188. The number of benzene rings is 3. The van der Waals surface area contributed by atoms with E-state index in [1.165, 1.54) is 12.1 Å². The second-order valence-corrected chi connectivity index (χ2v) is 10.9. The first-order valence-electron chi connectivity index (χ1n) is 12.7. The smallest absolute Gasteiger partial charge is 0.322 e. The second-order valence-electron chi connectivity index (χ2n) is 9.58. The van der Waals surface area contributed by atoms with Crippen LogP contribution in [0.2, 0.25) is 0 Å². The zero-order chi connectivity index (χ0) is 28.8. The minimum atomic E-state index is -3.52. The lowest BCUT2D eigenvalue weighted by Gasteiger charge is -2.29. The quantitative estimate of drug-likeness (QED) is 0.134. The highest BCUT2D eigenvalue weighted by atomic mass is 31.1. The maximum atomic E-state index is 14.1. The standard InChI is InChI=1S/C32H29FNO5P/c1-4-39-26(36)19-25(35)32(40(37)38)29-27(22-15-17-24(33)18-16-22)28(21-11-7-5-8-12-21)31(34-30(29)20(2)3)23-13-9-6-10-14-23/h1,5-18,20,25,32,35,40H,19H2,2-3H3,(H,37,38). The third-order valence-electron chi connectivity index (χ3n) is 6.56. The maximum Gasteiger partial charge on any atom is 0.322 e. The van der Waals surface area contributed by atoms with Crippen LogP contribution in [0.1, 0.15) is 43.1 Å². The largest absolute Gasteiger partial charge is 0.391 e. The van der Waals surface area contributed by atoms with E-state index in [0.29, 0.717) is 33.6 Å². The van der Waals surface area contributed by atoms with E-state index < -0.39 is 38.0 Å². The second kappa shape index (κ2) is 12.8. The minimum Gasteiger partial charge on any atom is -0.391 e. The number of aliphatic hydroxyl groups is 1. The third-order valence-corrected chi connectivity index (χ3v) is 7.77. The van der Waals surface area contributed by atoms with Gasteiger partial charge in [0.1, 0.15) is 11.9 Å². The van der Waals surface area contributed by atoms with Gasteiger partial charge in [-0.3, -0.25) is 14.3 Å². The van der Waals surface area contributed by atoms with Gasteiger partial charge in [0, 0.05) is 16.8 Å². The van der Waals surface area contributed by atoms with Crippen molar-refractivity contribution in [3.05, 3.63) is 102 Å². The van der Waals surface area contributed by atoms with Crippen LogP contribution >= 0.6 is 8.03 Å². The summed E-state index contributed by atoms with van der Waals surface area (Å²) >= 11 is 0. The van der Waals surface area contributed by atoms with Crippen LogP contribution in [0.25, 0.3) is 33.5 Å². The monoisotopic (exact) mass is 557 g/mol. The van der Waals surface area contributed by atoms with Crippen LogP contribution in [0.3, 0.4) is 0 Å². The number of terminal acetylenes is 1. The maximum absolute atomic E-state index is 14.1. The molecule has 0 radical (unpaired) electrons. The van der Waals surface area contributed by atoms with Crippen molar-refractivity contribution in [1.29, 1.82) is 0 Å². The van der Waals surface area contributed by atoms with E-state index in [-0.39, 0.29) is 5.92 Å². The molecule has 204 valence electrons. The predicted octanol–water partition coefficient (Wildman–Crippen LogP) is 6.74. The molecular formula is C32H29FNO5P. The zero-order valence-electron chi connectivity index (χ0n) is 22.0. The first-order valence-corrected chi connectivity index (χ1v) is 14.2. The summed E-state index contributed by atoms with van der Waals surface area (Å²) in [6, 6.07) is 24.7. The highest BCUT2D eigenvalue weighted by molar-refractivity contribution is 7.38. The first kappa shape index (κ1) is 28.9. The van der Waals surface area contributed by atoms with Gasteiger partial charge < -0.3 is 14.7 Å². The lowest BCUT2D eigenvalue weighted by Crippen LogP contribution is -2.23. The molecule has 4 rings (SSSR count). The van der Waals surface area contributed by atoms with Crippen LogP contribution in [0.5, 0.6) is 0 Å². The Labute approximate surface area is 233 Å². The first-order chi connectivity index (χ1) is 19.2. The number of hydrogen-bond donors (Lipinski definition) is 2. The van der Waals surface area contributed by atoms with Gasteiger partial charge in [0.15, 0.2) is 8.03 Å². The Bertz CT molecular complexity index is 1550. The Morgan fingerprint density at radius 1 is 0.950 bits per heavy atom. The van der Waals surface area contributed by atoms with Gasteiger partial charge in [-0.05, 0) is 40.3 Å². The fourth-order valence-electron chi connectivity index (χ4n) is 4.86. The van der Waals surface area contributed by atoms with Crippen LogP contribution in [0.15, 0.2) is 84.9 Å². The lowest BCUT2D eigenvalue weighted by molar-refractivity contribution is -0.139. The number of nitrogens with zero attached hydrogens (tertiary/aromatic N) is 1. The molecule has 0 fully saturated rings. The molecule has 0 amide bonds. The van der Waals surface area contributed by atoms with Gasteiger partial charge in [0.2, 0.25) is 0 Å². The molecule has 0 aliphatic rings. The number of esters is 1. The van der Waals surface area contributed by atoms with Crippen LogP contribution in [-0.4, -0.2) is 27.1 Å². The summed E-state index contributed by atoms with van der Waals surface area (Å²) in [5.41, 5.74) is 3.31. The Balaban J connectivity index is 2.18. The molecule has 2 N–H and O–H groups in total. The number of carbonyl (C=O) groups excluding carboxylic acids is 1. The summed E-state index contributed by atoms with van der Waals surface area (Å²) in [5, 5.41) is 11.2. The molecule has 0 aliphatic carbocycles. The van der Waals surface area contributed by atoms with Crippen molar-refractivity contribution in [2.45, 2.75) is 37.9 Å². The van der Waals surface area contributed by atoms with Crippen molar-refractivity contribution in [3.63, 3.8) is 0 Å². The van der Waals surface area contributed by atoms with E-state index in [1.807, 2.05) is 74.5 Å². The predicted molar refractivity (Wildman–Crippen MR) is 154 cm³/mol. The topological polar surface area (TPSA) is 96.7 Å². The number of rotatable bonds is 9. The third kappa shape index (κ3) is 6.21. The molecule has 40 heavy (non-hydrogen) atoms. The number of hydrogen-bond acceptors (Lipinski definition) is 5. The van der Waals surface area contributed by atoms with Gasteiger partial charge in [-0.15, -0.1) is 0 Å². The molecule has 3 unspecified atom stereocenters. The minimum absolute atomic E-state index is 0.254. The highest BCUT2D eigenvalue weighted by Gasteiger charge is 2.36. The number of carbonyl (C=O) groups is 1. The van der Waals surface area contributed by atoms with E-state index in [4.69, 9.17) is 11.4 Å². The summed E-state index contributed by atoms with van der Waals surface area (Å²) in [6.45, 7) is 3.78. The molecule has 0 aliphatic heterocycles. The van der Waals surface area contributed by atoms with Crippen molar-refractivity contribution in [2.24, 2.45) is 0 Å². The van der Waals surface area contributed by atoms with Crippen LogP contribution in [-0.2, 0) is 14.1 Å². The molecule has 1 heterocycles. The molecule has 6 nitrogen and oxygen atoms in total. The van der Waals surface area contributed by atoms with Gasteiger partial charge in [-0.2, -0.15) is 0 Å². The summed E-state index contributed by atoms with van der Waals surface area (Å²) < 4.78 is 31.7. The molecule has 3 aromatic carbocycles. The van der Waals surface area contributed by atoms with E-state index in [1.54, 1.807) is 18.2 Å².